The lowest BCUT2D eigenvalue weighted by Crippen LogP contribution is -2.03. The molecule has 4 heteroatoms. The summed E-state index contributed by atoms with van der Waals surface area (Å²) in [5.74, 6) is 1.01. The first-order valence-corrected chi connectivity index (χ1v) is 5.40. The van der Waals surface area contributed by atoms with Gasteiger partial charge in [0.15, 0.2) is 5.65 Å². The number of halogens is 1. The number of rotatable bonds is 1. The van der Waals surface area contributed by atoms with Gasteiger partial charge in [-0.15, -0.1) is 0 Å². The number of pyridine rings is 1. The molecule has 2 heterocycles. The van der Waals surface area contributed by atoms with Gasteiger partial charge in [0, 0.05) is 6.04 Å². The van der Waals surface area contributed by atoms with E-state index in [0.717, 1.165) is 21.6 Å². The van der Waals surface area contributed by atoms with Gasteiger partial charge in [-0.3, -0.25) is 0 Å². The van der Waals surface area contributed by atoms with Gasteiger partial charge in [0.25, 0.3) is 0 Å². The molecule has 0 aliphatic carbocycles. The maximum Gasteiger partial charge on any atom is 0.161 e. The Morgan fingerprint density at radius 3 is 2.64 bits per heavy atom. The summed E-state index contributed by atoms with van der Waals surface area (Å²) >= 11 is 3.37. The lowest BCUT2D eigenvalue weighted by Gasteiger charge is -2.09. The van der Waals surface area contributed by atoms with E-state index in [9.17, 15) is 0 Å². The SMILES string of the molecule is Cc1nc2ccc(Br)nc2n1C(C)C. The van der Waals surface area contributed by atoms with Crippen LogP contribution in [0, 0.1) is 6.92 Å². The Morgan fingerprint density at radius 1 is 1.29 bits per heavy atom. The first-order chi connectivity index (χ1) is 6.59. The second-order valence-electron chi connectivity index (χ2n) is 3.60. The summed E-state index contributed by atoms with van der Waals surface area (Å²) in [6.45, 7) is 6.28. The summed E-state index contributed by atoms with van der Waals surface area (Å²) in [5.41, 5.74) is 1.91. The van der Waals surface area contributed by atoms with Crippen LogP contribution >= 0.6 is 15.9 Å². The Bertz CT molecular complexity index is 473. The molecule has 0 saturated carbocycles. The first-order valence-electron chi connectivity index (χ1n) is 4.60. The third kappa shape index (κ3) is 1.43. The number of fused-ring (bicyclic) bond motifs is 1. The maximum atomic E-state index is 4.46. The van der Waals surface area contributed by atoms with Crippen molar-refractivity contribution in [2.24, 2.45) is 0 Å². The smallest absolute Gasteiger partial charge is 0.161 e. The number of aryl methyl sites for hydroxylation is 1. The van der Waals surface area contributed by atoms with Gasteiger partial charge < -0.3 is 4.57 Å². The molecule has 0 atom stereocenters. The van der Waals surface area contributed by atoms with Crippen molar-refractivity contribution in [2.75, 3.05) is 0 Å². The predicted molar refractivity (Wildman–Crippen MR) is 60.4 cm³/mol. The van der Waals surface area contributed by atoms with Gasteiger partial charge in [-0.25, -0.2) is 9.97 Å². The summed E-state index contributed by atoms with van der Waals surface area (Å²) in [6, 6.07) is 4.29. The molecule has 74 valence electrons. The summed E-state index contributed by atoms with van der Waals surface area (Å²) in [4.78, 5) is 8.89. The molecular formula is C10H12BrN3. The Hall–Kier alpha value is -0.900. The van der Waals surface area contributed by atoms with E-state index in [1.54, 1.807) is 0 Å². The minimum absolute atomic E-state index is 0.391. The van der Waals surface area contributed by atoms with E-state index >= 15 is 0 Å². The second-order valence-corrected chi connectivity index (χ2v) is 4.41. The molecule has 14 heavy (non-hydrogen) atoms. The minimum Gasteiger partial charge on any atom is -0.310 e. The van der Waals surface area contributed by atoms with Crippen molar-refractivity contribution in [3.05, 3.63) is 22.6 Å². The molecule has 2 rings (SSSR count). The number of imidazole rings is 1. The monoisotopic (exact) mass is 253 g/mol. The van der Waals surface area contributed by atoms with Gasteiger partial charge >= 0.3 is 0 Å². The van der Waals surface area contributed by atoms with Gasteiger partial charge in [0.1, 0.15) is 15.9 Å². The van der Waals surface area contributed by atoms with E-state index in [1.807, 2.05) is 19.1 Å². The summed E-state index contributed by atoms with van der Waals surface area (Å²) in [5, 5.41) is 0. The third-order valence-electron chi connectivity index (χ3n) is 2.20. The molecule has 0 fully saturated rings. The molecule has 0 aliphatic heterocycles. The van der Waals surface area contributed by atoms with Crippen LogP contribution in [-0.2, 0) is 0 Å². The van der Waals surface area contributed by atoms with Crippen molar-refractivity contribution in [3.8, 4) is 0 Å². The van der Waals surface area contributed by atoms with Crippen LogP contribution in [0.2, 0.25) is 0 Å². The topological polar surface area (TPSA) is 30.7 Å². The molecule has 3 nitrogen and oxygen atoms in total. The zero-order valence-corrected chi connectivity index (χ0v) is 10.0. The number of nitrogens with zero attached hydrogens (tertiary/aromatic N) is 3. The Kier molecular flexibility index (Phi) is 2.31. The summed E-state index contributed by atoms with van der Waals surface area (Å²) < 4.78 is 2.99. The van der Waals surface area contributed by atoms with Crippen LogP contribution in [0.25, 0.3) is 11.2 Å². The fraction of sp³-hybridized carbons (Fsp3) is 0.400. The highest BCUT2D eigenvalue weighted by Crippen LogP contribution is 2.20. The lowest BCUT2D eigenvalue weighted by molar-refractivity contribution is 0.595. The van der Waals surface area contributed by atoms with Crippen molar-refractivity contribution >= 4 is 27.1 Å². The second kappa shape index (κ2) is 3.35. The van der Waals surface area contributed by atoms with Gasteiger partial charge in [0.2, 0.25) is 0 Å². The third-order valence-corrected chi connectivity index (χ3v) is 2.64. The number of aromatic nitrogens is 3. The fourth-order valence-corrected chi connectivity index (χ4v) is 1.98. The van der Waals surface area contributed by atoms with Crippen LogP contribution in [0.5, 0.6) is 0 Å². The summed E-state index contributed by atoms with van der Waals surface area (Å²) in [7, 11) is 0. The molecule has 0 aliphatic rings. The van der Waals surface area contributed by atoms with Crippen LogP contribution in [0.3, 0.4) is 0 Å². The Labute approximate surface area is 91.3 Å². The molecule has 0 radical (unpaired) electrons. The first kappa shape index (κ1) is 9.65. The minimum atomic E-state index is 0.391. The van der Waals surface area contributed by atoms with Crippen molar-refractivity contribution in [2.45, 2.75) is 26.8 Å². The molecule has 0 aromatic carbocycles. The zero-order valence-electron chi connectivity index (χ0n) is 8.45. The van der Waals surface area contributed by atoms with Crippen molar-refractivity contribution in [3.63, 3.8) is 0 Å². The standard InChI is InChI=1S/C10H12BrN3/c1-6(2)14-7(3)12-8-4-5-9(11)13-10(8)14/h4-6H,1-3H3. The zero-order chi connectivity index (χ0) is 10.3. The quantitative estimate of drug-likeness (QED) is 0.732. The van der Waals surface area contributed by atoms with Crippen molar-refractivity contribution in [1.29, 1.82) is 0 Å². The molecule has 0 bridgehead atoms. The van der Waals surface area contributed by atoms with E-state index in [1.165, 1.54) is 0 Å². The molecular weight excluding hydrogens is 242 g/mol. The molecule has 0 amide bonds. The van der Waals surface area contributed by atoms with E-state index in [-0.39, 0.29) is 0 Å². The highest BCUT2D eigenvalue weighted by molar-refractivity contribution is 9.10. The molecule has 0 spiro atoms. The van der Waals surface area contributed by atoms with E-state index in [0.29, 0.717) is 6.04 Å². The van der Waals surface area contributed by atoms with Gasteiger partial charge in [-0.2, -0.15) is 0 Å². The lowest BCUT2D eigenvalue weighted by atomic mass is 10.3. The van der Waals surface area contributed by atoms with Gasteiger partial charge in [0.05, 0.1) is 0 Å². The summed E-state index contributed by atoms with van der Waals surface area (Å²) in [6.07, 6.45) is 0. The van der Waals surface area contributed by atoms with E-state index in [2.05, 4.69) is 44.3 Å². The Morgan fingerprint density at radius 2 is 2.00 bits per heavy atom. The maximum absolute atomic E-state index is 4.46. The average Bonchev–Trinajstić information content (AvgIpc) is 2.40. The van der Waals surface area contributed by atoms with Crippen LogP contribution in [-0.4, -0.2) is 14.5 Å². The molecule has 0 unspecified atom stereocenters. The normalized spacial score (nSPS) is 11.5. The molecule has 0 N–H and O–H groups in total. The van der Waals surface area contributed by atoms with Gasteiger partial charge in [-0.05, 0) is 48.8 Å². The fourth-order valence-electron chi connectivity index (χ4n) is 1.68. The Balaban J connectivity index is 2.79. The van der Waals surface area contributed by atoms with Crippen LogP contribution in [0.1, 0.15) is 25.7 Å². The largest absolute Gasteiger partial charge is 0.310 e. The predicted octanol–water partition coefficient (Wildman–Crippen LogP) is 3.08. The molecule has 2 aromatic rings. The molecule has 0 saturated heterocycles. The highest BCUT2D eigenvalue weighted by atomic mass is 79.9. The number of hydrogen-bond donors (Lipinski definition) is 0. The van der Waals surface area contributed by atoms with Crippen molar-refractivity contribution in [1.82, 2.24) is 14.5 Å². The van der Waals surface area contributed by atoms with Gasteiger partial charge in [-0.1, -0.05) is 0 Å². The van der Waals surface area contributed by atoms with Crippen molar-refractivity contribution < 1.29 is 0 Å². The molecule has 2 aromatic heterocycles. The highest BCUT2D eigenvalue weighted by Gasteiger charge is 2.10. The van der Waals surface area contributed by atoms with E-state index < -0.39 is 0 Å². The van der Waals surface area contributed by atoms with Crippen LogP contribution < -0.4 is 0 Å². The average molecular weight is 254 g/mol. The number of hydrogen-bond acceptors (Lipinski definition) is 2. The van der Waals surface area contributed by atoms with Crippen LogP contribution in [0.4, 0.5) is 0 Å². The van der Waals surface area contributed by atoms with Crippen LogP contribution in [0.15, 0.2) is 16.7 Å². The van der Waals surface area contributed by atoms with E-state index in [4.69, 9.17) is 0 Å².